The lowest BCUT2D eigenvalue weighted by molar-refractivity contribution is 0.408. The van der Waals surface area contributed by atoms with E-state index >= 15 is 0 Å². The molecule has 1 aliphatic carbocycles. The Morgan fingerprint density at radius 3 is 2.65 bits per heavy atom. The minimum atomic E-state index is -0.208. The quantitative estimate of drug-likeness (QED) is 0.663. The van der Waals surface area contributed by atoms with Crippen molar-refractivity contribution < 1.29 is 4.39 Å². The van der Waals surface area contributed by atoms with Crippen molar-refractivity contribution in [3.05, 3.63) is 34.1 Å². The zero-order valence-electron chi connectivity index (χ0n) is 10.1. The fourth-order valence-electron chi connectivity index (χ4n) is 2.49. The molecule has 1 aromatic rings. The highest BCUT2D eigenvalue weighted by Crippen LogP contribution is 2.53. The fraction of sp³-hybridized carbons (Fsp3) is 0.538. The van der Waals surface area contributed by atoms with E-state index in [0.29, 0.717) is 11.3 Å². The number of nitrogens with one attached hydrogen (secondary N) is 1. The lowest BCUT2D eigenvalue weighted by atomic mass is 9.98. The number of rotatable bonds is 4. The van der Waals surface area contributed by atoms with Crippen LogP contribution in [0.1, 0.15) is 25.8 Å². The highest BCUT2D eigenvalue weighted by Gasteiger charge is 2.49. The first kappa shape index (κ1) is 13.0. The van der Waals surface area contributed by atoms with Crippen molar-refractivity contribution in [1.82, 2.24) is 5.43 Å². The van der Waals surface area contributed by atoms with E-state index in [1.165, 1.54) is 12.5 Å². The summed E-state index contributed by atoms with van der Waals surface area (Å²) in [5.74, 6) is 5.97. The molecular weight excluding hydrogens is 283 g/mol. The maximum absolute atomic E-state index is 13.3. The average molecular weight is 301 g/mol. The number of hydrogen-bond acceptors (Lipinski definition) is 2. The Balaban J connectivity index is 2.08. The molecule has 0 amide bonds. The molecule has 1 fully saturated rings. The molecule has 2 unspecified atom stereocenters. The summed E-state index contributed by atoms with van der Waals surface area (Å²) < 4.78 is 14.0. The van der Waals surface area contributed by atoms with Crippen LogP contribution in [0.15, 0.2) is 22.7 Å². The Morgan fingerprint density at radius 2 is 2.18 bits per heavy atom. The SMILES string of the molecule is CC1(C)CC1C(Cc1cc(F)cc(Br)c1)NN. The molecule has 94 valence electrons. The third kappa shape index (κ3) is 3.06. The van der Waals surface area contributed by atoms with E-state index in [2.05, 4.69) is 35.2 Å². The summed E-state index contributed by atoms with van der Waals surface area (Å²) in [5.41, 5.74) is 4.21. The van der Waals surface area contributed by atoms with E-state index in [1.807, 2.05) is 6.07 Å². The third-order valence-electron chi connectivity index (χ3n) is 3.67. The predicted molar refractivity (Wildman–Crippen MR) is 70.8 cm³/mol. The number of hydrogen-bond donors (Lipinski definition) is 2. The van der Waals surface area contributed by atoms with Crippen molar-refractivity contribution in [1.29, 1.82) is 0 Å². The highest BCUT2D eigenvalue weighted by atomic mass is 79.9. The molecule has 2 nitrogen and oxygen atoms in total. The first-order valence-electron chi connectivity index (χ1n) is 5.83. The smallest absolute Gasteiger partial charge is 0.124 e. The molecule has 1 aliphatic rings. The van der Waals surface area contributed by atoms with E-state index in [-0.39, 0.29) is 11.9 Å². The van der Waals surface area contributed by atoms with Crippen molar-refractivity contribution >= 4 is 15.9 Å². The van der Waals surface area contributed by atoms with Gasteiger partial charge < -0.3 is 0 Å². The fourth-order valence-corrected chi connectivity index (χ4v) is 3.01. The second-order valence-corrected chi connectivity index (χ2v) is 6.47. The molecule has 0 radical (unpaired) electrons. The van der Waals surface area contributed by atoms with Crippen LogP contribution in [0.5, 0.6) is 0 Å². The Bertz CT molecular complexity index is 400. The van der Waals surface area contributed by atoms with Gasteiger partial charge >= 0.3 is 0 Å². The van der Waals surface area contributed by atoms with E-state index in [4.69, 9.17) is 5.84 Å². The van der Waals surface area contributed by atoms with Gasteiger partial charge in [-0.05, 0) is 47.9 Å². The van der Waals surface area contributed by atoms with Crippen LogP contribution in [-0.2, 0) is 6.42 Å². The van der Waals surface area contributed by atoms with E-state index < -0.39 is 0 Å². The summed E-state index contributed by atoms with van der Waals surface area (Å²) in [4.78, 5) is 0. The van der Waals surface area contributed by atoms with Gasteiger partial charge in [0, 0.05) is 10.5 Å². The molecule has 3 N–H and O–H groups in total. The summed E-state index contributed by atoms with van der Waals surface area (Å²) in [6, 6.07) is 5.21. The Hall–Kier alpha value is -0.450. The predicted octanol–water partition coefficient (Wildman–Crippen LogP) is 3.01. The average Bonchev–Trinajstić information content (AvgIpc) is 2.82. The van der Waals surface area contributed by atoms with Crippen molar-refractivity contribution in [2.24, 2.45) is 17.2 Å². The van der Waals surface area contributed by atoms with Crippen LogP contribution >= 0.6 is 15.9 Å². The summed E-state index contributed by atoms with van der Waals surface area (Å²) in [6.07, 6.45) is 1.94. The van der Waals surface area contributed by atoms with Crippen LogP contribution in [0.25, 0.3) is 0 Å². The van der Waals surface area contributed by atoms with Crippen LogP contribution in [0.3, 0.4) is 0 Å². The van der Waals surface area contributed by atoms with Gasteiger partial charge in [-0.25, -0.2) is 4.39 Å². The molecule has 0 aliphatic heterocycles. The summed E-state index contributed by atoms with van der Waals surface area (Å²) in [5, 5.41) is 0. The first-order valence-corrected chi connectivity index (χ1v) is 6.63. The second kappa shape index (κ2) is 4.67. The number of nitrogens with two attached hydrogens (primary N) is 1. The minimum Gasteiger partial charge on any atom is -0.271 e. The van der Waals surface area contributed by atoms with Crippen LogP contribution < -0.4 is 11.3 Å². The van der Waals surface area contributed by atoms with Gasteiger partial charge in [-0.15, -0.1) is 0 Å². The summed E-state index contributed by atoms with van der Waals surface area (Å²) >= 11 is 3.31. The van der Waals surface area contributed by atoms with Gasteiger partial charge in [0.1, 0.15) is 5.82 Å². The van der Waals surface area contributed by atoms with Gasteiger partial charge in [-0.1, -0.05) is 29.8 Å². The maximum atomic E-state index is 13.3. The molecule has 17 heavy (non-hydrogen) atoms. The van der Waals surface area contributed by atoms with Crippen molar-refractivity contribution in [3.63, 3.8) is 0 Å². The topological polar surface area (TPSA) is 38.0 Å². The van der Waals surface area contributed by atoms with E-state index in [1.54, 1.807) is 6.07 Å². The monoisotopic (exact) mass is 300 g/mol. The Labute approximate surface area is 110 Å². The van der Waals surface area contributed by atoms with Gasteiger partial charge in [-0.3, -0.25) is 11.3 Å². The van der Waals surface area contributed by atoms with Gasteiger partial charge in [0.05, 0.1) is 0 Å². The van der Waals surface area contributed by atoms with Crippen LogP contribution in [0.2, 0.25) is 0 Å². The molecule has 1 aromatic carbocycles. The standard InChI is InChI=1S/C13H18BrFN2/c1-13(2)7-11(13)12(17-16)5-8-3-9(14)6-10(15)4-8/h3-4,6,11-12,17H,5,7,16H2,1-2H3. The zero-order chi connectivity index (χ0) is 12.6. The van der Waals surface area contributed by atoms with Crippen LogP contribution in [-0.4, -0.2) is 6.04 Å². The first-order chi connectivity index (χ1) is 7.92. The molecule has 0 saturated heterocycles. The van der Waals surface area contributed by atoms with Gasteiger partial charge in [0.25, 0.3) is 0 Å². The molecule has 2 atom stereocenters. The van der Waals surface area contributed by atoms with Crippen molar-refractivity contribution in [2.45, 2.75) is 32.7 Å². The summed E-state index contributed by atoms with van der Waals surface area (Å²) in [7, 11) is 0. The molecule has 0 heterocycles. The Morgan fingerprint density at radius 1 is 1.53 bits per heavy atom. The third-order valence-corrected chi connectivity index (χ3v) is 4.13. The van der Waals surface area contributed by atoms with E-state index in [0.717, 1.165) is 16.5 Å². The van der Waals surface area contributed by atoms with Gasteiger partial charge in [0.15, 0.2) is 0 Å². The largest absolute Gasteiger partial charge is 0.271 e. The minimum absolute atomic E-state index is 0.208. The number of hydrazine groups is 1. The molecule has 0 spiro atoms. The lowest BCUT2D eigenvalue weighted by Gasteiger charge is -2.18. The maximum Gasteiger partial charge on any atom is 0.124 e. The van der Waals surface area contributed by atoms with Gasteiger partial charge in [-0.2, -0.15) is 0 Å². The van der Waals surface area contributed by atoms with Crippen LogP contribution in [0, 0.1) is 17.2 Å². The van der Waals surface area contributed by atoms with Crippen LogP contribution in [0.4, 0.5) is 4.39 Å². The van der Waals surface area contributed by atoms with Crippen molar-refractivity contribution in [3.8, 4) is 0 Å². The van der Waals surface area contributed by atoms with Crippen molar-refractivity contribution in [2.75, 3.05) is 0 Å². The lowest BCUT2D eigenvalue weighted by Crippen LogP contribution is -2.39. The molecular formula is C13H18BrFN2. The molecule has 4 heteroatoms. The Kier molecular flexibility index (Phi) is 3.57. The van der Waals surface area contributed by atoms with E-state index in [9.17, 15) is 4.39 Å². The normalized spacial score (nSPS) is 23.5. The summed E-state index contributed by atoms with van der Waals surface area (Å²) in [6.45, 7) is 4.48. The number of halogens is 2. The molecule has 2 rings (SSSR count). The molecule has 0 bridgehead atoms. The zero-order valence-corrected chi connectivity index (χ0v) is 11.7. The molecule has 1 saturated carbocycles. The highest BCUT2D eigenvalue weighted by molar-refractivity contribution is 9.10. The second-order valence-electron chi connectivity index (χ2n) is 5.55. The van der Waals surface area contributed by atoms with Gasteiger partial charge in [0.2, 0.25) is 0 Å². The molecule has 0 aromatic heterocycles. The number of benzene rings is 1.